The summed E-state index contributed by atoms with van der Waals surface area (Å²) in [7, 11) is 0. The van der Waals surface area contributed by atoms with Crippen molar-refractivity contribution in [3.05, 3.63) is 42.5 Å². The molecule has 0 spiro atoms. The third-order valence-corrected chi connectivity index (χ3v) is 4.28. The third kappa shape index (κ3) is 6.68. The molecule has 25 heavy (non-hydrogen) atoms. The molecule has 1 amide bonds. The number of carbonyl (C=O) groups excluding carboxylic acids is 1. The van der Waals surface area contributed by atoms with Gasteiger partial charge in [0.15, 0.2) is 0 Å². The Morgan fingerprint density at radius 1 is 1.16 bits per heavy atom. The number of nitrogens with zero attached hydrogens (tertiary/aromatic N) is 2. The summed E-state index contributed by atoms with van der Waals surface area (Å²) in [6, 6.07) is 9.09. The van der Waals surface area contributed by atoms with Gasteiger partial charge in [-0.1, -0.05) is 30.4 Å². The van der Waals surface area contributed by atoms with Gasteiger partial charge in [0.25, 0.3) is 0 Å². The van der Waals surface area contributed by atoms with Crippen molar-refractivity contribution < 1.29 is 14.7 Å². The maximum atomic E-state index is 12.1. The molecule has 2 N–H and O–H groups in total. The van der Waals surface area contributed by atoms with Crippen LogP contribution in [0, 0.1) is 5.92 Å². The Morgan fingerprint density at radius 3 is 2.32 bits per heavy atom. The van der Waals surface area contributed by atoms with Crippen LogP contribution < -0.4 is 5.32 Å². The summed E-state index contributed by atoms with van der Waals surface area (Å²) >= 11 is 0. The van der Waals surface area contributed by atoms with E-state index in [9.17, 15) is 14.7 Å². The average Bonchev–Trinajstić information content (AvgIpc) is 2.56. The minimum Gasteiger partial charge on any atom is -0.481 e. The number of piperazine rings is 1. The average molecular weight is 345 g/mol. The maximum Gasteiger partial charge on any atom is 0.308 e. The molecule has 0 saturated carbocycles. The number of aliphatic carboxylic acids is 1. The minimum absolute atomic E-state index is 0.0177. The van der Waals surface area contributed by atoms with Gasteiger partial charge in [-0.3, -0.25) is 19.4 Å². The van der Waals surface area contributed by atoms with E-state index in [0.29, 0.717) is 12.2 Å². The predicted octanol–water partition coefficient (Wildman–Crippen LogP) is 1.91. The molecule has 1 fully saturated rings. The minimum atomic E-state index is -0.924. The van der Waals surface area contributed by atoms with Crippen LogP contribution in [-0.4, -0.2) is 66.1 Å². The van der Waals surface area contributed by atoms with Crippen molar-refractivity contribution >= 4 is 17.6 Å². The van der Waals surface area contributed by atoms with Crippen LogP contribution in [0.1, 0.15) is 13.3 Å². The van der Waals surface area contributed by atoms with E-state index in [4.69, 9.17) is 0 Å². The molecule has 1 atom stereocenters. The number of carboxylic acid groups (broad SMARTS) is 1. The van der Waals surface area contributed by atoms with Gasteiger partial charge in [-0.25, -0.2) is 0 Å². The van der Waals surface area contributed by atoms with Crippen molar-refractivity contribution in [3.63, 3.8) is 0 Å². The second-order valence-corrected chi connectivity index (χ2v) is 6.69. The Kier molecular flexibility index (Phi) is 7.16. The Balaban J connectivity index is 1.82. The van der Waals surface area contributed by atoms with Crippen molar-refractivity contribution in [2.24, 2.45) is 5.92 Å². The van der Waals surface area contributed by atoms with Gasteiger partial charge in [-0.15, -0.1) is 0 Å². The van der Waals surface area contributed by atoms with Crippen LogP contribution in [-0.2, 0) is 9.59 Å². The first-order valence-corrected chi connectivity index (χ1v) is 8.61. The van der Waals surface area contributed by atoms with E-state index in [1.54, 1.807) is 12.1 Å². The third-order valence-electron chi connectivity index (χ3n) is 4.28. The molecule has 136 valence electrons. The Labute approximate surface area is 149 Å². The van der Waals surface area contributed by atoms with E-state index < -0.39 is 11.9 Å². The Bertz CT molecular complexity index is 595. The molecule has 1 aliphatic heterocycles. The monoisotopic (exact) mass is 345 g/mol. The Morgan fingerprint density at radius 2 is 1.76 bits per heavy atom. The lowest BCUT2D eigenvalue weighted by atomic mass is 10.0. The van der Waals surface area contributed by atoms with Crippen LogP contribution >= 0.6 is 0 Å². The van der Waals surface area contributed by atoms with Gasteiger partial charge in [0.05, 0.1) is 5.92 Å². The lowest BCUT2D eigenvalue weighted by Gasteiger charge is -2.35. The highest BCUT2D eigenvalue weighted by molar-refractivity contribution is 5.93. The van der Waals surface area contributed by atoms with E-state index in [1.165, 1.54) is 0 Å². The number of carboxylic acids is 1. The molecule has 1 aromatic rings. The second-order valence-electron chi connectivity index (χ2n) is 6.69. The van der Waals surface area contributed by atoms with E-state index in [-0.39, 0.29) is 12.3 Å². The quantitative estimate of drug-likeness (QED) is 0.704. The fourth-order valence-corrected chi connectivity index (χ4v) is 3.01. The fraction of sp³-hybridized carbons (Fsp3) is 0.474. The van der Waals surface area contributed by atoms with Gasteiger partial charge >= 0.3 is 5.97 Å². The maximum absolute atomic E-state index is 12.1. The molecule has 2 rings (SSSR count). The van der Waals surface area contributed by atoms with E-state index >= 15 is 0 Å². The fourth-order valence-electron chi connectivity index (χ4n) is 3.01. The summed E-state index contributed by atoms with van der Waals surface area (Å²) in [6.07, 6.45) is -0.0177. The predicted molar refractivity (Wildman–Crippen MR) is 98.5 cm³/mol. The van der Waals surface area contributed by atoms with Crippen LogP contribution in [0.4, 0.5) is 5.69 Å². The lowest BCUT2D eigenvalue weighted by molar-refractivity contribution is -0.144. The molecule has 1 heterocycles. The molecule has 0 bridgehead atoms. The zero-order valence-electron chi connectivity index (χ0n) is 14.8. The molecular weight excluding hydrogens is 318 g/mol. The van der Waals surface area contributed by atoms with Crippen LogP contribution in [0.3, 0.4) is 0 Å². The second kappa shape index (κ2) is 9.34. The van der Waals surface area contributed by atoms with E-state index in [2.05, 4.69) is 21.7 Å². The van der Waals surface area contributed by atoms with Gasteiger partial charge in [-0.2, -0.15) is 0 Å². The van der Waals surface area contributed by atoms with Crippen molar-refractivity contribution in [1.29, 1.82) is 0 Å². The molecule has 1 aromatic carbocycles. The van der Waals surface area contributed by atoms with Crippen LogP contribution in [0.2, 0.25) is 0 Å². The van der Waals surface area contributed by atoms with Crippen LogP contribution in [0.25, 0.3) is 0 Å². The summed E-state index contributed by atoms with van der Waals surface area (Å²) in [5.74, 6) is -1.89. The molecule has 6 nitrogen and oxygen atoms in total. The first-order chi connectivity index (χ1) is 11.9. The van der Waals surface area contributed by atoms with Gasteiger partial charge < -0.3 is 10.4 Å². The van der Waals surface area contributed by atoms with Crippen molar-refractivity contribution in [1.82, 2.24) is 9.80 Å². The van der Waals surface area contributed by atoms with Gasteiger partial charge in [-0.05, 0) is 19.1 Å². The SMILES string of the molecule is C=C(C)CN1CCN(CC(CC(=O)Nc2ccccc2)C(=O)O)CC1. The standard InChI is InChI=1S/C19H27N3O3/c1-15(2)13-21-8-10-22(11-9-21)14-16(19(24)25)12-18(23)20-17-6-4-3-5-7-17/h3-7,16H,1,8-14H2,2H3,(H,20,23)(H,24,25). The van der Waals surface area contributed by atoms with Gasteiger partial charge in [0.2, 0.25) is 5.91 Å². The molecule has 1 saturated heterocycles. The van der Waals surface area contributed by atoms with Gasteiger partial charge in [0, 0.05) is 51.4 Å². The molecule has 0 aromatic heterocycles. The topological polar surface area (TPSA) is 72.9 Å². The number of nitrogens with one attached hydrogen (secondary N) is 1. The summed E-state index contributed by atoms with van der Waals surface area (Å²) in [6.45, 7) is 10.7. The van der Waals surface area contributed by atoms with Gasteiger partial charge in [0.1, 0.15) is 0 Å². The zero-order valence-corrected chi connectivity index (χ0v) is 14.8. The van der Waals surface area contributed by atoms with E-state index in [0.717, 1.165) is 38.3 Å². The lowest BCUT2D eigenvalue weighted by Crippen LogP contribution is -2.49. The molecule has 1 aliphatic rings. The summed E-state index contributed by atoms with van der Waals surface area (Å²) < 4.78 is 0. The Hall–Kier alpha value is -2.18. The summed E-state index contributed by atoms with van der Waals surface area (Å²) in [5, 5.41) is 12.2. The number of benzene rings is 1. The molecule has 0 radical (unpaired) electrons. The first kappa shape index (κ1) is 19.1. The molecule has 0 aliphatic carbocycles. The highest BCUT2D eigenvalue weighted by Gasteiger charge is 2.26. The number of carbonyl (C=O) groups is 2. The molecule has 6 heteroatoms. The number of rotatable bonds is 8. The first-order valence-electron chi connectivity index (χ1n) is 8.61. The van der Waals surface area contributed by atoms with Crippen molar-refractivity contribution in [2.45, 2.75) is 13.3 Å². The van der Waals surface area contributed by atoms with Crippen LogP contribution in [0.15, 0.2) is 42.5 Å². The van der Waals surface area contributed by atoms with Crippen molar-refractivity contribution in [2.75, 3.05) is 44.6 Å². The van der Waals surface area contributed by atoms with Crippen LogP contribution in [0.5, 0.6) is 0 Å². The number of hydrogen-bond acceptors (Lipinski definition) is 4. The smallest absolute Gasteiger partial charge is 0.308 e. The normalized spacial score (nSPS) is 17.0. The number of hydrogen-bond donors (Lipinski definition) is 2. The van der Waals surface area contributed by atoms with E-state index in [1.807, 2.05) is 25.1 Å². The summed E-state index contributed by atoms with van der Waals surface area (Å²) in [5.41, 5.74) is 1.82. The molecule has 1 unspecified atom stereocenters. The highest BCUT2D eigenvalue weighted by Crippen LogP contribution is 2.13. The number of anilines is 1. The van der Waals surface area contributed by atoms with Crippen molar-refractivity contribution in [3.8, 4) is 0 Å². The highest BCUT2D eigenvalue weighted by atomic mass is 16.4. The zero-order chi connectivity index (χ0) is 18.2. The summed E-state index contributed by atoms with van der Waals surface area (Å²) in [4.78, 5) is 28.1. The molecular formula is C19H27N3O3. The number of amides is 1. The number of para-hydroxylation sites is 1. The largest absolute Gasteiger partial charge is 0.481 e.